The van der Waals surface area contributed by atoms with Gasteiger partial charge in [0, 0.05) is 38.2 Å². The SMILES string of the molecule is C=C1OC(c2ccccc2)(C(F)(F)F)C(/C=C/c2ccc(/C=C/c3ccc(N)cc3OCc3ccccc3)s2)=C1C#N. The van der Waals surface area contributed by atoms with Crippen molar-refractivity contribution in [1.82, 2.24) is 0 Å². The van der Waals surface area contributed by atoms with Gasteiger partial charge in [0.05, 0.1) is 0 Å². The molecule has 2 heterocycles. The molecule has 0 bridgehead atoms. The summed E-state index contributed by atoms with van der Waals surface area (Å²) in [6.07, 6.45) is 1.80. The van der Waals surface area contributed by atoms with E-state index >= 15 is 0 Å². The first-order valence-corrected chi connectivity index (χ1v) is 13.7. The summed E-state index contributed by atoms with van der Waals surface area (Å²) in [6.45, 7) is 3.97. The number of nitrogens with two attached hydrogens (primary N) is 1. The van der Waals surface area contributed by atoms with Crippen LogP contribution in [0.15, 0.2) is 121 Å². The molecule has 210 valence electrons. The van der Waals surface area contributed by atoms with Gasteiger partial charge in [-0.2, -0.15) is 18.4 Å². The van der Waals surface area contributed by atoms with E-state index in [4.69, 9.17) is 15.2 Å². The zero-order valence-electron chi connectivity index (χ0n) is 22.3. The van der Waals surface area contributed by atoms with Crippen molar-refractivity contribution in [3.8, 4) is 11.8 Å². The number of alkyl halides is 3. The Morgan fingerprint density at radius 2 is 1.55 bits per heavy atom. The highest BCUT2D eigenvalue weighted by Gasteiger charge is 2.64. The molecule has 0 saturated heterocycles. The zero-order chi connectivity index (χ0) is 29.7. The summed E-state index contributed by atoms with van der Waals surface area (Å²) in [5.74, 6) is 0.315. The molecule has 0 spiro atoms. The van der Waals surface area contributed by atoms with Gasteiger partial charge in [-0.3, -0.25) is 0 Å². The van der Waals surface area contributed by atoms with Gasteiger partial charge in [-0.1, -0.05) is 73.3 Å². The van der Waals surface area contributed by atoms with Gasteiger partial charge in [-0.05, 0) is 48.1 Å². The minimum Gasteiger partial charge on any atom is -0.488 e. The third-order valence-corrected chi connectivity index (χ3v) is 7.67. The number of nitriles is 1. The maximum Gasteiger partial charge on any atom is 0.437 e. The average molecular weight is 583 g/mol. The molecule has 1 unspecified atom stereocenters. The van der Waals surface area contributed by atoms with Gasteiger partial charge in [0.2, 0.25) is 0 Å². The topological polar surface area (TPSA) is 68.3 Å². The van der Waals surface area contributed by atoms with Crippen molar-refractivity contribution in [2.75, 3.05) is 5.73 Å². The van der Waals surface area contributed by atoms with Crippen LogP contribution in [0.2, 0.25) is 0 Å². The average Bonchev–Trinajstić information content (AvgIpc) is 3.56. The molecular formula is C34H25F3N2O2S. The first-order valence-electron chi connectivity index (χ1n) is 12.9. The van der Waals surface area contributed by atoms with Crippen LogP contribution < -0.4 is 10.5 Å². The highest BCUT2D eigenvalue weighted by molar-refractivity contribution is 7.13. The van der Waals surface area contributed by atoms with Crippen molar-refractivity contribution >= 4 is 35.3 Å². The molecule has 0 aliphatic carbocycles. The third kappa shape index (κ3) is 5.73. The molecule has 0 amide bonds. The quantitative estimate of drug-likeness (QED) is 0.211. The number of anilines is 1. The van der Waals surface area contributed by atoms with Crippen molar-refractivity contribution < 1.29 is 22.6 Å². The van der Waals surface area contributed by atoms with Crippen LogP contribution in [0.5, 0.6) is 5.75 Å². The summed E-state index contributed by atoms with van der Waals surface area (Å²) in [4.78, 5) is 1.56. The molecule has 1 aliphatic heterocycles. The van der Waals surface area contributed by atoms with Crippen LogP contribution in [-0.4, -0.2) is 6.18 Å². The second kappa shape index (κ2) is 11.9. The summed E-state index contributed by atoms with van der Waals surface area (Å²) in [7, 11) is 0. The normalized spacial score (nSPS) is 17.1. The van der Waals surface area contributed by atoms with Gasteiger partial charge in [0.25, 0.3) is 5.60 Å². The summed E-state index contributed by atoms with van der Waals surface area (Å²) in [6, 6.07) is 28.0. The number of nitrogens with zero attached hydrogens (tertiary/aromatic N) is 1. The van der Waals surface area contributed by atoms with Gasteiger partial charge < -0.3 is 15.2 Å². The fraction of sp³-hybridized carbons (Fsp3) is 0.0882. The molecule has 4 nitrogen and oxygen atoms in total. The number of hydrogen-bond acceptors (Lipinski definition) is 5. The summed E-state index contributed by atoms with van der Waals surface area (Å²) >= 11 is 1.38. The Bertz CT molecular complexity index is 1730. The van der Waals surface area contributed by atoms with Crippen molar-refractivity contribution in [2.24, 2.45) is 0 Å². The monoisotopic (exact) mass is 582 g/mol. The molecule has 0 fully saturated rings. The second-order valence-electron chi connectivity index (χ2n) is 9.45. The predicted molar refractivity (Wildman–Crippen MR) is 161 cm³/mol. The van der Waals surface area contributed by atoms with Crippen molar-refractivity contribution in [1.29, 1.82) is 5.26 Å². The number of ether oxygens (including phenoxy) is 2. The van der Waals surface area contributed by atoms with E-state index in [9.17, 15) is 18.4 Å². The first kappa shape index (κ1) is 28.5. The van der Waals surface area contributed by atoms with Gasteiger partial charge in [-0.15, -0.1) is 11.3 Å². The number of halogens is 3. The van der Waals surface area contributed by atoms with Gasteiger partial charge in [-0.25, -0.2) is 0 Å². The molecule has 1 aromatic heterocycles. The number of rotatable bonds is 8. The van der Waals surface area contributed by atoms with E-state index in [1.54, 1.807) is 30.3 Å². The molecule has 0 radical (unpaired) electrons. The van der Waals surface area contributed by atoms with Crippen molar-refractivity contribution in [2.45, 2.75) is 18.4 Å². The van der Waals surface area contributed by atoms with Gasteiger partial charge >= 0.3 is 6.18 Å². The standard InChI is InChI=1S/C34H25F3N2O2S/c1-23-30(21-38)31(33(41-23,34(35,36)37)26-10-6-3-7-11-26)19-18-29-17-16-28(42-29)15-13-25-12-14-27(39)20-32(25)40-22-24-8-4-2-5-9-24/h2-20H,1,22,39H2/b15-13+,19-18+. The lowest BCUT2D eigenvalue weighted by Gasteiger charge is -2.33. The van der Waals surface area contributed by atoms with E-state index in [-0.39, 0.29) is 22.5 Å². The van der Waals surface area contributed by atoms with Crippen molar-refractivity contribution in [3.05, 3.63) is 147 Å². The minimum absolute atomic E-state index is 0.132. The van der Waals surface area contributed by atoms with Crippen LogP contribution >= 0.6 is 11.3 Å². The lowest BCUT2D eigenvalue weighted by Crippen LogP contribution is -2.43. The number of hydrogen-bond donors (Lipinski definition) is 1. The lowest BCUT2D eigenvalue weighted by atomic mass is 9.84. The van der Waals surface area contributed by atoms with E-state index in [1.807, 2.05) is 60.7 Å². The Morgan fingerprint density at radius 1 is 0.905 bits per heavy atom. The molecule has 8 heteroatoms. The van der Waals surface area contributed by atoms with Crippen LogP contribution in [0.1, 0.15) is 26.4 Å². The zero-order valence-corrected chi connectivity index (χ0v) is 23.1. The molecule has 2 N–H and O–H groups in total. The number of allylic oxidation sites excluding steroid dienone is 1. The predicted octanol–water partition coefficient (Wildman–Crippen LogP) is 8.91. The summed E-state index contributed by atoms with van der Waals surface area (Å²) in [5.41, 5.74) is 4.90. The van der Waals surface area contributed by atoms with Crippen LogP contribution in [0.25, 0.3) is 18.2 Å². The summed E-state index contributed by atoms with van der Waals surface area (Å²) in [5, 5.41) is 9.70. The number of nitrogen functional groups attached to an aromatic ring is 1. The fourth-order valence-electron chi connectivity index (χ4n) is 4.64. The molecule has 5 rings (SSSR count). The Morgan fingerprint density at radius 3 is 2.19 bits per heavy atom. The van der Waals surface area contributed by atoms with E-state index < -0.39 is 11.8 Å². The molecule has 3 aromatic carbocycles. The summed E-state index contributed by atoms with van der Waals surface area (Å²) < 4.78 is 55.4. The third-order valence-electron chi connectivity index (χ3n) is 6.66. The molecular weight excluding hydrogens is 557 g/mol. The van der Waals surface area contributed by atoms with Crippen LogP contribution in [0, 0.1) is 11.3 Å². The number of benzene rings is 3. The maximum absolute atomic E-state index is 14.7. The van der Waals surface area contributed by atoms with Crippen LogP contribution in [0.4, 0.5) is 18.9 Å². The van der Waals surface area contributed by atoms with E-state index in [0.717, 1.165) is 16.0 Å². The van der Waals surface area contributed by atoms with E-state index in [0.29, 0.717) is 22.9 Å². The van der Waals surface area contributed by atoms with Crippen LogP contribution in [-0.2, 0) is 16.9 Å². The Labute approximate surface area is 245 Å². The Hall–Kier alpha value is -5.00. The highest BCUT2D eigenvalue weighted by atomic mass is 32.1. The molecule has 4 aromatic rings. The minimum atomic E-state index is -4.85. The van der Waals surface area contributed by atoms with E-state index in [1.165, 1.54) is 41.7 Å². The van der Waals surface area contributed by atoms with Crippen LogP contribution in [0.3, 0.4) is 0 Å². The van der Waals surface area contributed by atoms with Gasteiger partial charge in [0.1, 0.15) is 29.8 Å². The lowest BCUT2D eigenvalue weighted by molar-refractivity contribution is -0.248. The Balaban J connectivity index is 1.40. The fourth-order valence-corrected chi connectivity index (χ4v) is 5.45. The number of thiophene rings is 1. The van der Waals surface area contributed by atoms with Gasteiger partial charge in [0.15, 0.2) is 0 Å². The molecule has 42 heavy (non-hydrogen) atoms. The first-order chi connectivity index (χ1) is 20.2. The maximum atomic E-state index is 14.7. The second-order valence-corrected chi connectivity index (χ2v) is 10.6. The molecule has 1 aliphatic rings. The molecule has 1 atom stereocenters. The highest BCUT2D eigenvalue weighted by Crippen LogP contribution is 2.55. The molecule has 0 saturated carbocycles. The van der Waals surface area contributed by atoms with Crippen molar-refractivity contribution in [3.63, 3.8) is 0 Å². The smallest absolute Gasteiger partial charge is 0.437 e. The largest absolute Gasteiger partial charge is 0.488 e. The van der Waals surface area contributed by atoms with E-state index in [2.05, 4.69) is 6.58 Å². The Kier molecular flexibility index (Phi) is 8.05.